The standard InChI is InChI=1S/C15H22N2O3/c1-9-10(2)20-14(16-9)8-17-12-3-4-13(17)6-11(5-12)7-15(18)19/h11-13H,3-8H2,1-2H3,(H,18,19). The van der Waals surface area contributed by atoms with Gasteiger partial charge >= 0.3 is 5.97 Å². The summed E-state index contributed by atoms with van der Waals surface area (Å²) >= 11 is 0. The molecule has 2 unspecified atom stereocenters. The van der Waals surface area contributed by atoms with Gasteiger partial charge in [0.05, 0.1) is 12.2 Å². The second-order valence-electron chi connectivity index (χ2n) is 6.24. The molecule has 1 aromatic rings. The normalized spacial score (nSPS) is 29.8. The van der Waals surface area contributed by atoms with Crippen molar-refractivity contribution in [3.05, 3.63) is 17.3 Å². The van der Waals surface area contributed by atoms with Crippen molar-refractivity contribution in [1.82, 2.24) is 9.88 Å². The zero-order valence-corrected chi connectivity index (χ0v) is 12.1. The van der Waals surface area contributed by atoms with E-state index in [4.69, 9.17) is 9.52 Å². The third kappa shape index (κ3) is 2.59. The fraction of sp³-hybridized carbons (Fsp3) is 0.733. The number of fused-ring (bicyclic) bond motifs is 2. The number of nitrogens with zero attached hydrogens (tertiary/aromatic N) is 2. The molecule has 2 aliphatic rings. The maximum absolute atomic E-state index is 10.9. The summed E-state index contributed by atoms with van der Waals surface area (Å²) in [5.41, 5.74) is 0.966. The number of carbonyl (C=O) groups is 1. The van der Waals surface area contributed by atoms with E-state index in [1.807, 2.05) is 13.8 Å². The van der Waals surface area contributed by atoms with E-state index in [0.717, 1.165) is 36.7 Å². The minimum absolute atomic E-state index is 0.318. The lowest BCUT2D eigenvalue weighted by atomic mass is 9.88. The average molecular weight is 278 g/mol. The summed E-state index contributed by atoms with van der Waals surface area (Å²) in [6.45, 7) is 4.68. The first-order valence-electron chi connectivity index (χ1n) is 7.43. The van der Waals surface area contributed by atoms with E-state index >= 15 is 0 Å². The number of hydrogen-bond acceptors (Lipinski definition) is 4. The molecule has 0 aliphatic carbocycles. The monoisotopic (exact) mass is 278 g/mol. The van der Waals surface area contributed by atoms with Crippen LogP contribution in [0, 0.1) is 19.8 Å². The first kappa shape index (κ1) is 13.6. The number of carboxylic acids is 1. The SMILES string of the molecule is Cc1nc(CN2C3CCC2CC(CC(=O)O)C3)oc1C. The van der Waals surface area contributed by atoms with Crippen molar-refractivity contribution in [1.29, 1.82) is 0 Å². The van der Waals surface area contributed by atoms with Crippen LogP contribution in [0.1, 0.15) is 49.4 Å². The molecule has 2 fully saturated rings. The molecule has 20 heavy (non-hydrogen) atoms. The lowest BCUT2D eigenvalue weighted by Gasteiger charge is -2.37. The molecule has 1 N–H and O–H groups in total. The first-order valence-corrected chi connectivity index (χ1v) is 7.43. The van der Waals surface area contributed by atoms with Crippen LogP contribution in [-0.2, 0) is 11.3 Å². The van der Waals surface area contributed by atoms with Gasteiger partial charge < -0.3 is 9.52 Å². The summed E-state index contributed by atoms with van der Waals surface area (Å²) in [7, 11) is 0. The van der Waals surface area contributed by atoms with Crippen LogP contribution in [0.15, 0.2) is 4.42 Å². The quantitative estimate of drug-likeness (QED) is 0.916. The Morgan fingerprint density at radius 2 is 2.00 bits per heavy atom. The molecule has 2 aliphatic heterocycles. The average Bonchev–Trinajstić information content (AvgIpc) is 2.79. The molecule has 0 aromatic carbocycles. The number of piperidine rings is 1. The summed E-state index contributed by atoms with van der Waals surface area (Å²) in [6, 6.07) is 1.01. The molecule has 2 bridgehead atoms. The van der Waals surface area contributed by atoms with Crippen LogP contribution in [0.2, 0.25) is 0 Å². The molecule has 3 rings (SSSR count). The Hall–Kier alpha value is -1.36. The van der Waals surface area contributed by atoms with Crippen LogP contribution in [0.4, 0.5) is 0 Å². The van der Waals surface area contributed by atoms with Crippen molar-refractivity contribution in [2.75, 3.05) is 0 Å². The summed E-state index contributed by atoms with van der Waals surface area (Å²) in [5, 5.41) is 8.95. The maximum atomic E-state index is 10.9. The van der Waals surface area contributed by atoms with Crippen LogP contribution < -0.4 is 0 Å². The second kappa shape index (κ2) is 5.20. The topological polar surface area (TPSA) is 66.6 Å². The van der Waals surface area contributed by atoms with Crippen LogP contribution in [0.3, 0.4) is 0 Å². The predicted octanol–water partition coefficient (Wildman–Crippen LogP) is 2.51. The van der Waals surface area contributed by atoms with Gasteiger partial charge in [-0.1, -0.05) is 0 Å². The summed E-state index contributed by atoms with van der Waals surface area (Å²) in [6.07, 6.45) is 4.68. The van der Waals surface area contributed by atoms with Gasteiger partial charge in [-0.05, 0) is 45.4 Å². The minimum Gasteiger partial charge on any atom is -0.481 e. The van der Waals surface area contributed by atoms with Gasteiger partial charge in [0.1, 0.15) is 5.76 Å². The number of oxazole rings is 1. The van der Waals surface area contributed by atoms with Crippen molar-refractivity contribution in [2.24, 2.45) is 5.92 Å². The van der Waals surface area contributed by atoms with Crippen LogP contribution >= 0.6 is 0 Å². The number of aliphatic carboxylic acids is 1. The highest BCUT2D eigenvalue weighted by atomic mass is 16.4. The van der Waals surface area contributed by atoms with Gasteiger partial charge in [0.25, 0.3) is 0 Å². The Kier molecular flexibility index (Phi) is 3.54. The number of aromatic nitrogens is 1. The van der Waals surface area contributed by atoms with Crippen molar-refractivity contribution >= 4 is 5.97 Å². The fourth-order valence-electron chi connectivity index (χ4n) is 3.82. The fourth-order valence-corrected chi connectivity index (χ4v) is 3.82. The van der Waals surface area contributed by atoms with Crippen molar-refractivity contribution in [3.8, 4) is 0 Å². The van der Waals surface area contributed by atoms with E-state index in [-0.39, 0.29) is 0 Å². The summed E-state index contributed by atoms with van der Waals surface area (Å²) < 4.78 is 5.69. The van der Waals surface area contributed by atoms with Crippen molar-refractivity contribution in [2.45, 2.75) is 64.6 Å². The molecule has 3 heterocycles. The first-order chi connectivity index (χ1) is 9.52. The molecule has 0 saturated carbocycles. The van der Waals surface area contributed by atoms with Crippen molar-refractivity contribution < 1.29 is 14.3 Å². The van der Waals surface area contributed by atoms with Crippen LogP contribution in [0.25, 0.3) is 0 Å². The Labute approximate surface area is 119 Å². The van der Waals surface area contributed by atoms with E-state index in [2.05, 4.69) is 9.88 Å². The number of rotatable bonds is 4. The molecular formula is C15H22N2O3. The molecule has 5 heteroatoms. The van der Waals surface area contributed by atoms with Gasteiger partial charge in [0.15, 0.2) is 0 Å². The molecule has 0 amide bonds. The Morgan fingerprint density at radius 1 is 1.35 bits per heavy atom. The molecule has 2 saturated heterocycles. The highest BCUT2D eigenvalue weighted by Crippen LogP contribution is 2.40. The highest BCUT2D eigenvalue weighted by molar-refractivity contribution is 5.67. The number of hydrogen-bond donors (Lipinski definition) is 1. The number of aryl methyl sites for hydroxylation is 2. The Bertz CT molecular complexity index is 478. The molecule has 2 atom stereocenters. The van der Waals surface area contributed by atoms with Crippen LogP contribution in [0.5, 0.6) is 0 Å². The minimum atomic E-state index is -0.665. The van der Waals surface area contributed by atoms with Gasteiger partial charge in [-0.3, -0.25) is 9.69 Å². The van der Waals surface area contributed by atoms with E-state index in [1.165, 1.54) is 12.8 Å². The highest BCUT2D eigenvalue weighted by Gasteiger charge is 2.41. The van der Waals surface area contributed by atoms with E-state index in [9.17, 15) is 4.79 Å². The summed E-state index contributed by atoms with van der Waals surface area (Å²) in [4.78, 5) is 17.8. The molecular weight excluding hydrogens is 256 g/mol. The molecule has 5 nitrogen and oxygen atoms in total. The Morgan fingerprint density at radius 3 is 2.50 bits per heavy atom. The maximum Gasteiger partial charge on any atom is 0.303 e. The third-order valence-electron chi connectivity index (χ3n) is 4.84. The van der Waals surface area contributed by atoms with Gasteiger partial charge in [0, 0.05) is 18.5 Å². The van der Waals surface area contributed by atoms with Gasteiger partial charge in [-0.2, -0.15) is 0 Å². The van der Waals surface area contributed by atoms with Gasteiger partial charge in [-0.25, -0.2) is 4.98 Å². The van der Waals surface area contributed by atoms with Gasteiger partial charge in [-0.15, -0.1) is 0 Å². The van der Waals surface area contributed by atoms with Gasteiger partial charge in [0.2, 0.25) is 5.89 Å². The molecule has 0 spiro atoms. The largest absolute Gasteiger partial charge is 0.481 e. The molecule has 1 aromatic heterocycles. The third-order valence-corrected chi connectivity index (χ3v) is 4.84. The smallest absolute Gasteiger partial charge is 0.303 e. The lowest BCUT2D eigenvalue weighted by Crippen LogP contribution is -2.42. The van der Waals surface area contributed by atoms with E-state index < -0.39 is 5.97 Å². The molecule has 0 radical (unpaired) electrons. The summed E-state index contributed by atoms with van der Waals surface area (Å²) in [5.74, 6) is 1.37. The lowest BCUT2D eigenvalue weighted by molar-refractivity contribution is -0.138. The van der Waals surface area contributed by atoms with E-state index in [0.29, 0.717) is 24.4 Å². The van der Waals surface area contributed by atoms with Crippen molar-refractivity contribution in [3.63, 3.8) is 0 Å². The zero-order valence-electron chi connectivity index (χ0n) is 12.1. The predicted molar refractivity (Wildman–Crippen MR) is 73.3 cm³/mol. The molecule has 110 valence electrons. The second-order valence-corrected chi connectivity index (χ2v) is 6.24. The Balaban J connectivity index is 1.66. The van der Waals surface area contributed by atoms with Crippen LogP contribution in [-0.4, -0.2) is 33.0 Å². The zero-order chi connectivity index (χ0) is 14.3. The number of carboxylic acid groups (broad SMARTS) is 1. The van der Waals surface area contributed by atoms with E-state index in [1.54, 1.807) is 0 Å².